The number of piperidine rings is 1. The summed E-state index contributed by atoms with van der Waals surface area (Å²) in [6.07, 6.45) is 5.96. The molecule has 18 heavy (non-hydrogen) atoms. The summed E-state index contributed by atoms with van der Waals surface area (Å²) in [7, 11) is 1.92. The van der Waals surface area contributed by atoms with E-state index >= 15 is 0 Å². The zero-order valence-electron chi connectivity index (χ0n) is 10.4. The average molecular weight is 251 g/mol. The van der Waals surface area contributed by atoms with Gasteiger partial charge in [-0.05, 0) is 26.3 Å². The maximum absolute atomic E-state index is 10.6. The van der Waals surface area contributed by atoms with Gasteiger partial charge in [0.15, 0.2) is 0 Å². The van der Waals surface area contributed by atoms with Gasteiger partial charge in [0, 0.05) is 19.1 Å². The molecule has 1 aliphatic heterocycles. The summed E-state index contributed by atoms with van der Waals surface area (Å²) in [4.78, 5) is 20.4. The third-order valence-corrected chi connectivity index (χ3v) is 3.16. The van der Waals surface area contributed by atoms with Gasteiger partial charge in [0.05, 0.1) is 4.92 Å². The first-order valence-corrected chi connectivity index (χ1v) is 6.10. The van der Waals surface area contributed by atoms with Gasteiger partial charge in [-0.2, -0.15) is 0 Å². The summed E-state index contributed by atoms with van der Waals surface area (Å²) < 4.78 is 0. The number of likely N-dealkylation sites (N-methyl/N-ethyl adjacent to an activating group) is 1. The van der Waals surface area contributed by atoms with Crippen LogP contribution in [-0.4, -0.2) is 41.1 Å². The maximum Gasteiger partial charge on any atom is 0.305 e. The Kier molecular flexibility index (Phi) is 4.03. The van der Waals surface area contributed by atoms with Crippen LogP contribution in [0.15, 0.2) is 12.4 Å². The second-order valence-electron chi connectivity index (χ2n) is 4.40. The third kappa shape index (κ3) is 2.73. The Balaban J connectivity index is 2.15. The van der Waals surface area contributed by atoms with Crippen LogP contribution in [0.5, 0.6) is 0 Å². The molecule has 1 atom stereocenters. The summed E-state index contributed by atoms with van der Waals surface area (Å²) in [6.45, 7) is 1.78. The summed E-state index contributed by atoms with van der Waals surface area (Å²) in [5.41, 5.74) is -0.0686. The van der Waals surface area contributed by atoms with Crippen molar-refractivity contribution in [3.8, 4) is 0 Å². The molecule has 0 aromatic carbocycles. The van der Waals surface area contributed by atoms with E-state index in [1.54, 1.807) is 0 Å². The minimum Gasteiger partial charge on any atom is -0.337 e. The Hall–Kier alpha value is -1.76. The first-order valence-electron chi connectivity index (χ1n) is 6.10. The molecule has 0 radical (unpaired) electrons. The highest BCUT2D eigenvalue weighted by Gasteiger charge is 2.24. The minimum absolute atomic E-state index is 0.0686. The Bertz CT molecular complexity index is 406. The van der Waals surface area contributed by atoms with Crippen molar-refractivity contribution in [2.75, 3.05) is 25.0 Å². The van der Waals surface area contributed by atoms with Gasteiger partial charge in [0.2, 0.25) is 5.95 Å². The molecule has 1 N–H and O–H groups in total. The van der Waals surface area contributed by atoms with Crippen LogP contribution < -0.4 is 10.2 Å². The SMILES string of the molecule is CNCC1CCCCN1c1ncc([N+](=O)[O-])cn1. The zero-order chi connectivity index (χ0) is 13.0. The van der Waals surface area contributed by atoms with E-state index in [9.17, 15) is 10.1 Å². The number of anilines is 1. The predicted octanol–water partition coefficient (Wildman–Crippen LogP) is 0.963. The van der Waals surface area contributed by atoms with Gasteiger partial charge >= 0.3 is 5.69 Å². The smallest absolute Gasteiger partial charge is 0.305 e. The molecule has 0 saturated carbocycles. The topological polar surface area (TPSA) is 84.2 Å². The molecule has 7 heteroatoms. The fraction of sp³-hybridized carbons (Fsp3) is 0.636. The van der Waals surface area contributed by atoms with Crippen LogP contribution in [-0.2, 0) is 0 Å². The van der Waals surface area contributed by atoms with Crippen molar-refractivity contribution in [2.45, 2.75) is 25.3 Å². The van der Waals surface area contributed by atoms with Gasteiger partial charge in [-0.3, -0.25) is 10.1 Å². The Morgan fingerprint density at radius 2 is 2.22 bits per heavy atom. The first-order chi connectivity index (χ1) is 8.72. The number of nitrogens with one attached hydrogen (secondary N) is 1. The van der Waals surface area contributed by atoms with E-state index in [4.69, 9.17) is 0 Å². The number of aromatic nitrogens is 2. The van der Waals surface area contributed by atoms with Gasteiger partial charge in [-0.1, -0.05) is 0 Å². The number of hydrogen-bond acceptors (Lipinski definition) is 6. The van der Waals surface area contributed by atoms with Crippen molar-refractivity contribution in [3.05, 3.63) is 22.5 Å². The molecule has 98 valence electrons. The summed E-state index contributed by atoms with van der Waals surface area (Å²) in [5.74, 6) is 0.584. The van der Waals surface area contributed by atoms with E-state index in [0.29, 0.717) is 12.0 Å². The second-order valence-corrected chi connectivity index (χ2v) is 4.40. The molecule has 1 aromatic heterocycles. The van der Waals surface area contributed by atoms with E-state index in [-0.39, 0.29) is 5.69 Å². The van der Waals surface area contributed by atoms with Crippen LogP contribution in [0.1, 0.15) is 19.3 Å². The van der Waals surface area contributed by atoms with Crippen molar-refractivity contribution in [1.82, 2.24) is 15.3 Å². The fourth-order valence-corrected chi connectivity index (χ4v) is 2.27. The van der Waals surface area contributed by atoms with Crippen molar-refractivity contribution in [2.24, 2.45) is 0 Å². The normalized spacial score (nSPS) is 19.8. The van der Waals surface area contributed by atoms with E-state index < -0.39 is 4.92 Å². The predicted molar refractivity (Wildman–Crippen MR) is 67.6 cm³/mol. The Labute approximate surface area is 105 Å². The van der Waals surface area contributed by atoms with E-state index in [1.165, 1.54) is 18.8 Å². The summed E-state index contributed by atoms with van der Waals surface area (Å²) >= 11 is 0. The standard InChI is InChI=1S/C11H17N5O2/c1-12-6-9-4-2-3-5-15(9)11-13-7-10(8-14-11)16(17)18/h7-9,12H,2-6H2,1H3. The highest BCUT2D eigenvalue weighted by atomic mass is 16.6. The largest absolute Gasteiger partial charge is 0.337 e. The van der Waals surface area contributed by atoms with Crippen LogP contribution in [0.2, 0.25) is 0 Å². The van der Waals surface area contributed by atoms with Crippen molar-refractivity contribution >= 4 is 11.6 Å². The molecule has 1 fully saturated rings. The molecule has 2 rings (SSSR count). The highest BCUT2D eigenvalue weighted by molar-refractivity contribution is 5.35. The van der Waals surface area contributed by atoms with Crippen LogP contribution in [0, 0.1) is 10.1 Å². The number of hydrogen-bond donors (Lipinski definition) is 1. The van der Waals surface area contributed by atoms with Crippen LogP contribution in [0.3, 0.4) is 0 Å². The molecule has 1 aliphatic rings. The number of nitro groups is 1. The lowest BCUT2D eigenvalue weighted by Gasteiger charge is -2.35. The van der Waals surface area contributed by atoms with Gasteiger partial charge in [0.1, 0.15) is 12.4 Å². The lowest BCUT2D eigenvalue weighted by atomic mass is 10.0. The fourth-order valence-electron chi connectivity index (χ4n) is 2.27. The summed E-state index contributed by atoms with van der Waals surface area (Å²) in [5, 5.41) is 13.7. The molecule has 7 nitrogen and oxygen atoms in total. The van der Waals surface area contributed by atoms with E-state index in [2.05, 4.69) is 20.2 Å². The molecule has 1 saturated heterocycles. The molecule has 1 aromatic rings. The molecular weight excluding hydrogens is 234 g/mol. The van der Waals surface area contributed by atoms with Crippen LogP contribution in [0.4, 0.5) is 11.6 Å². The van der Waals surface area contributed by atoms with Gasteiger partial charge in [-0.15, -0.1) is 0 Å². The Morgan fingerprint density at radius 1 is 1.50 bits per heavy atom. The molecule has 0 bridgehead atoms. The zero-order valence-corrected chi connectivity index (χ0v) is 10.4. The molecule has 1 unspecified atom stereocenters. The Morgan fingerprint density at radius 3 is 2.83 bits per heavy atom. The minimum atomic E-state index is -0.481. The van der Waals surface area contributed by atoms with E-state index in [1.807, 2.05) is 7.05 Å². The van der Waals surface area contributed by atoms with E-state index in [0.717, 1.165) is 25.9 Å². The summed E-state index contributed by atoms with van der Waals surface area (Å²) in [6, 6.07) is 0.366. The van der Waals surface area contributed by atoms with Crippen molar-refractivity contribution < 1.29 is 4.92 Å². The van der Waals surface area contributed by atoms with Crippen molar-refractivity contribution in [3.63, 3.8) is 0 Å². The van der Waals surface area contributed by atoms with Crippen molar-refractivity contribution in [1.29, 1.82) is 0 Å². The number of rotatable bonds is 4. The maximum atomic E-state index is 10.6. The van der Waals surface area contributed by atoms with Gasteiger partial charge in [0.25, 0.3) is 0 Å². The highest BCUT2D eigenvalue weighted by Crippen LogP contribution is 2.21. The van der Waals surface area contributed by atoms with Gasteiger partial charge < -0.3 is 10.2 Å². The lowest BCUT2D eigenvalue weighted by molar-refractivity contribution is -0.385. The second kappa shape index (κ2) is 5.72. The average Bonchev–Trinajstić information content (AvgIpc) is 2.40. The lowest BCUT2D eigenvalue weighted by Crippen LogP contribution is -2.45. The molecule has 2 heterocycles. The molecule has 0 amide bonds. The quantitative estimate of drug-likeness (QED) is 0.634. The first kappa shape index (κ1) is 12.7. The van der Waals surface area contributed by atoms with Crippen LogP contribution in [0.25, 0.3) is 0 Å². The third-order valence-electron chi connectivity index (χ3n) is 3.16. The number of nitrogens with zero attached hydrogens (tertiary/aromatic N) is 4. The molecule has 0 aliphatic carbocycles. The van der Waals surface area contributed by atoms with Gasteiger partial charge in [-0.25, -0.2) is 9.97 Å². The monoisotopic (exact) mass is 251 g/mol. The molecular formula is C11H17N5O2. The molecule has 0 spiro atoms. The van der Waals surface area contributed by atoms with Crippen LogP contribution >= 0.6 is 0 Å².